The van der Waals surface area contributed by atoms with Crippen LogP contribution in [-0.4, -0.2) is 46.2 Å². The summed E-state index contributed by atoms with van der Waals surface area (Å²) in [6, 6.07) is 4.80. The Morgan fingerprint density at radius 3 is 2.57 bits per heavy atom. The highest BCUT2D eigenvalue weighted by Crippen LogP contribution is 2.47. The van der Waals surface area contributed by atoms with Crippen LogP contribution >= 0.6 is 0 Å². The van der Waals surface area contributed by atoms with Crippen molar-refractivity contribution in [3.8, 4) is 0 Å². The summed E-state index contributed by atoms with van der Waals surface area (Å²) in [4.78, 5) is 34.6. The Labute approximate surface area is 131 Å². The number of hydrogen-bond donors (Lipinski definition) is 1. The van der Waals surface area contributed by atoms with Crippen LogP contribution in [0.2, 0.25) is 0 Å². The van der Waals surface area contributed by atoms with Crippen LogP contribution in [0.25, 0.3) is 0 Å². The smallest absolute Gasteiger partial charge is 0.407 e. The number of non-ortho nitro benzene ring substituents is 1. The van der Waals surface area contributed by atoms with Crippen LogP contribution in [0, 0.1) is 22.0 Å². The molecule has 1 aromatic carbocycles. The van der Waals surface area contributed by atoms with Gasteiger partial charge in [-0.2, -0.15) is 0 Å². The molecule has 0 spiro atoms. The van der Waals surface area contributed by atoms with Crippen LogP contribution in [0.4, 0.5) is 10.5 Å². The van der Waals surface area contributed by atoms with Crippen LogP contribution < -0.4 is 0 Å². The van der Waals surface area contributed by atoms with Gasteiger partial charge in [0.15, 0.2) is 0 Å². The Morgan fingerprint density at radius 2 is 1.96 bits per heavy atom. The van der Waals surface area contributed by atoms with E-state index < -0.39 is 17.0 Å². The molecule has 1 saturated heterocycles. The van der Waals surface area contributed by atoms with E-state index in [2.05, 4.69) is 0 Å². The number of nitrogens with zero attached hydrogens (tertiary/aromatic N) is 2. The maximum atomic E-state index is 12.0. The number of amides is 1. The third-order valence-corrected chi connectivity index (χ3v) is 4.48. The topological polar surface area (TPSA) is 110 Å². The number of hydrogen-bond acceptors (Lipinski definition) is 5. The minimum absolute atomic E-state index is 0.00530. The predicted molar refractivity (Wildman–Crippen MR) is 78.1 cm³/mol. The second kappa shape index (κ2) is 5.86. The number of nitro groups is 1. The Balaban J connectivity index is 1.59. The number of benzene rings is 1. The van der Waals surface area contributed by atoms with Crippen molar-refractivity contribution in [2.24, 2.45) is 11.8 Å². The lowest BCUT2D eigenvalue weighted by molar-refractivity contribution is -0.384. The number of carbonyl (C=O) groups excluding carboxylic acids is 1. The number of esters is 1. The number of likely N-dealkylation sites (tertiary alicyclic amines) is 1. The van der Waals surface area contributed by atoms with Crippen molar-refractivity contribution < 1.29 is 24.4 Å². The first-order chi connectivity index (χ1) is 11.0. The van der Waals surface area contributed by atoms with Gasteiger partial charge < -0.3 is 14.7 Å². The van der Waals surface area contributed by atoms with Crippen molar-refractivity contribution in [1.29, 1.82) is 0 Å². The SMILES string of the molecule is O=C(OC[C@@H]1C[C@H]2C[C@H]2CN1C(=O)O)c1ccc([N+](=O)[O-])cc1. The molecular formula is C15H16N2O6. The molecule has 0 aromatic heterocycles. The van der Waals surface area contributed by atoms with E-state index in [1.165, 1.54) is 29.2 Å². The number of rotatable bonds is 4. The number of piperidine rings is 1. The fraction of sp³-hybridized carbons (Fsp3) is 0.467. The first kappa shape index (κ1) is 15.3. The maximum absolute atomic E-state index is 12.0. The van der Waals surface area contributed by atoms with Gasteiger partial charge in [0, 0.05) is 18.7 Å². The van der Waals surface area contributed by atoms with Crippen LogP contribution in [0.3, 0.4) is 0 Å². The van der Waals surface area contributed by atoms with Gasteiger partial charge in [-0.3, -0.25) is 10.1 Å². The summed E-state index contributed by atoms with van der Waals surface area (Å²) < 4.78 is 5.20. The van der Waals surface area contributed by atoms with Gasteiger partial charge in [0.05, 0.1) is 16.5 Å². The lowest BCUT2D eigenvalue weighted by Crippen LogP contribution is -2.46. The fourth-order valence-corrected chi connectivity index (χ4v) is 3.07. The first-order valence-electron chi connectivity index (χ1n) is 7.37. The molecule has 23 heavy (non-hydrogen) atoms. The summed E-state index contributed by atoms with van der Waals surface area (Å²) in [6.45, 7) is 0.505. The fourth-order valence-electron chi connectivity index (χ4n) is 3.07. The number of fused-ring (bicyclic) bond motifs is 1. The van der Waals surface area contributed by atoms with E-state index in [9.17, 15) is 24.8 Å². The van der Waals surface area contributed by atoms with Crippen molar-refractivity contribution in [3.05, 3.63) is 39.9 Å². The van der Waals surface area contributed by atoms with Gasteiger partial charge in [0.2, 0.25) is 0 Å². The highest BCUT2D eigenvalue weighted by molar-refractivity contribution is 5.89. The summed E-state index contributed by atoms with van der Waals surface area (Å²) in [7, 11) is 0. The predicted octanol–water partition coefficient (Wildman–Crippen LogP) is 2.14. The summed E-state index contributed by atoms with van der Waals surface area (Å²) in [5, 5.41) is 19.8. The molecule has 1 aliphatic heterocycles. The van der Waals surface area contributed by atoms with Gasteiger partial charge in [0.25, 0.3) is 5.69 Å². The number of ether oxygens (including phenoxy) is 1. The third-order valence-electron chi connectivity index (χ3n) is 4.48. The Morgan fingerprint density at radius 1 is 1.26 bits per heavy atom. The molecule has 1 heterocycles. The second-order valence-corrected chi connectivity index (χ2v) is 5.98. The van der Waals surface area contributed by atoms with E-state index >= 15 is 0 Å². The van der Waals surface area contributed by atoms with E-state index in [-0.39, 0.29) is 23.9 Å². The number of nitro benzene ring substituents is 1. The van der Waals surface area contributed by atoms with E-state index in [4.69, 9.17) is 4.74 Å². The van der Waals surface area contributed by atoms with Crippen molar-refractivity contribution in [2.75, 3.05) is 13.2 Å². The highest BCUT2D eigenvalue weighted by atomic mass is 16.6. The molecule has 2 aliphatic rings. The molecule has 8 heteroatoms. The molecule has 1 aromatic rings. The van der Waals surface area contributed by atoms with Crippen LogP contribution in [0.15, 0.2) is 24.3 Å². The van der Waals surface area contributed by atoms with Crippen molar-refractivity contribution in [1.82, 2.24) is 4.90 Å². The van der Waals surface area contributed by atoms with Crippen LogP contribution in [0.1, 0.15) is 23.2 Å². The average molecular weight is 320 g/mol. The third kappa shape index (κ3) is 3.25. The zero-order valence-corrected chi connectivity index (χ0v) is 12.3. The van der Waals surface area contributed by atoms with Gasteiger partial charge in [-0.15, -0.1) is 0 Å². The summed E-state index contributed by atoms with van der Waals surface area (Å²) >= 11 is 0. The molecule has 0 bridgehead atoms. The average Bonchev–Trinajstić information content (AvgIpc) is 3.29. The molecule has 0 unspecified atom stereocenters. The van der Waals surface area contributed by atoms with Crippen molar-refractivity contribution in [2.45, 2.75) is 18.9 Å². The molecule has 8 nitrogen and oxygen atoms in total. The minimum Gasteiger partial charge on any atom is -0.465 e. The Hall–Kier alpha value is -2.64. The molecule has 1 saturated carbocycles. The van der Waals surface area contributed by atoms with E-state index in [1.54, 1.807) is 0 Å². The minimum atomic E-state index is -0.994. The largest absolute Gasteiger partial charge is 0.465 e. The van der Waals surface area contributed by atoms with Gasteiger partial charge in [-0.25, -0.2) is 9.59 Å². The van der Waals surface area contributed by atoms with E-state index in [0.29, 0.717) is 24.8 Å². The molecule has 122 valence electrons. The number of carboxylic acid groups (broad SMARTS) is 1. The normalized spacial score (nSPS) is 25.4. The maximum Gasteiger partial charge on any atom is 0.407 e. The second-order valence-electron chi connectivity index (χ2n) is 5.98. The molecule has 3 atom stereocenters. The van der Waals surface area contributed by atoms with Crippen LogP contribution in [0.5, 0.6) is 0 Å². The molecule has 1 aliphatic carbocycles. The van der Waals surface area contributed by atoms with E-state index in [1.807, 2.05) is 0 Å². The summed E-state index contributed by atoms with van der Waals surface area (Å²) in [6.07, 6.45) is 0.757. The Bertz CT molecular complexity index is 644. The monoisotopic (exact) mass is 320 g/mol. The van der Waals surface area contributed by atoms with Gasteiger partial charge >= 0.3 is 12.1 Å². The molecule has 2 fully saturated rings. The molecular weight excluding hydrogens is 304 g/mol. The lowest BCUT2D eigenvalue weighted by atomic mass is 10.0. The van der Waals surface area contributed by atoms with Gasteiger partial charge in [-0.1, -0.05) is 0 Å². The zero-order valence-electron chi connectivity index (χ0n) is 12.3. The van der Waals surface area contributed by atoms with E-state index in [0.717, 1.165) is 6.42 Å². The molecule has 0 radical (unpaired) electrons. The van der Waals surface area contributed by atoms with Crippen LogP contribution in [-0.2, 0) is 4.74 Å². The van der Waals surface area contributed by atoms with Gasteiger partial charge in [0.1, 0.15) is 6.61 Å². The highest BCUT2D eigenvalue weighted by Gasteiger charge is 2.47. The molecule has 1 amide bonds. The number of carbonyl (C=O) groups is 2. The summed E-state index contributed by atoms with van der Waals surface area (Å²) in [5.74, 6) is 0.379. The standard InChI is InChI=1S/C15H16N2O6/c18-14(9-1-3-12(4-2-9)17(21)22)23-8-13-6-10-5-11(10)7-16(13)15(19)20/h1-4,10-11,13H,5-8H2,(H,19,20)/t10-,11+,13+/m1/s1. The van der Waals surface area contributed by atoms with Crippen molar-refractivity contribution in [3.63, 3.8) is 0 Å². The quantitative estimate of drug-likeness (QED) is 0.517. The lowest BCUT2D eigenvalue weighted by Gasteiger charge is -2.32. The summed E-state index contributed by atoms with van der Waals surface area (Å²) in [5.41, 5.74) is 0.100. The molecule has 1 N–H and O–H groups in total. The first-order valence-corrected chi connectivity index (χ1v) is 7.37. The van der Waals surface area contributed by atoms with Crippen molar-refractivity contribution >= 4 is 17.7 Å². The van der Waals surface area contributed by atoms with Gasteiger partial charge in [-0.05, 0) is 36.8 Å². The molecule has 3 rings (SSSR count). The Kier molecular flexibility index (Phi) is 3.89. The zero-order chi connectivity index (χ0) is 16.6.